The summed E-state index contributed by atoms with van der Waals surface area (Å²) < 4.78 is 26.4. The molecule has 0 saturated carbocycles. The van der Waals surface area contributed by atoms with Crippen molar-refractivity contribution in [2.24, 2.45) is 0 Å². The lowest BCUT2D eigenvalue weighted by atomic mass is 10.2. The third kappa shape index (κ3) is 4.74. The maximum absolute atomic E-state index is 10.8. The summed E-state index contributed by atoms with van der Waals surface area (Å²) in [7, 11) is -3.31. The smallest absolute Gasteiger partial charge is 0.264 e. The Morgan fingerprint density at radius 2 is 2.29 bits per heavy atom. The molecule has 1 aromatic heterocycles. The molecule has 0 aliphatic carbocycles. The topological polar surface area (TPSA) is 43.4 Å². The highest BCUT2D eigenvalue weighted by Gasteiger charge is 2.10. The lowest BCUT2D eigenvalue weighted by Crippen LogP contribution is -2.14. The quantitative estimate of drug-likeness (QED) is 0.732. The Morgan fingerprint density at radius 3 is 2.79 bits per heavy atom. The second kappa shape index (κ2) is 4.91. The van der Waals surface area contributed by atoms with Gasteiger partial charge in [-0.15, -0.1) is 11.3 Å². The van der Waals surface area contributed by atoms with Crippen molar-refractivity contribution < 1.29 is 12.6 Å². The summed E-state index contributed by atoms with van der Waals surface area (Å²) in [5.41, 5.74) is 0. The fourth-order valence-electron chi connectivity index (χ4n) is 1.15. The van der Waals surface area contributed by atoms with Gasteiger partial charge in [0.15, 0.2) is 0 Å². The van der Waals surface area contributed by atoms with Crippen LogP contribution >= 0.6 is 11.3 Å². The molecule has 0 saturated heterocycles. The van der Waals surface area contributed by atoms with Crippen molar-refractivity contribution in [2.45, 2.75) is 25.9 Å². The third-order valence-corrected chi connectivity index (χ3v) is 3.33. The summed E-state index contributed by atoms with van der Waals surface area (Å²) in [5, 5.41) is 2.01. The molecule has 0 aliphatic heterocycles. The predicted octanol–water partition coefficient (Wildman–Crippen LogP) is 2.05. The van der Waals surface area contributed by atoms with Crippen LogP contribution in [0.25, 0.3) is 0 Å². The number of aryl methyl sites for hydroxylation is 1. The van der Waals surface area contributed by atoms with E-state index in [0.717, 1.165) is 19.1 Å². The van der Waals surface area contributed by atoms with E-state index in [0.29, 0.717) is 0 Å². The van der Waals surface area contributed by atoms with Gasteiger partial charge < -0.3 is 0 Å². The van der Waals surface area contributed by atoms with E-state index in [1.807, 2.05) is 17.5 Å². The zero-order valence-corrected chi connectivity index (χ0v) is 9.90. The van der Waals surface area contributed by atoms with Crippen molar-refractivity contribution >= 4 is 21.5 Å². The fourth-order valence-corrected chi connectivity index (χ4v) is 2.56. The molecule has 80 valence electrons. The molecule has 0 radical (unpaired) electrons. The fraction of sp³-hybridized carbons (Fsp3) is 0.556. The molecule has 1 rings (SSSR count). The second-order valence-corrected chi connectivity index (χ2v) is 5.86. The van der Waals surface area contributed by atoms with Gasteiger partial charge in [-0.3, -0.25) is 4.18 Å². The molecule has 0 spiro atoms. The minimum absolute atomic E-state index is 0.243. The van der Waals surface area contributed by atoms with Crippen LogP contribution in [0.4, 0.5) is 0 Å². The van der Waals surface area contributed by atoms with E-state index in [1.165, 1.54) is 4.88 Å². The molecule has 1 atom stereocenters. The summed E-state index contributed by atoms with van der Waals surface area (Å²) in [5.74, 6) is 0. The van der Waals surface area contributed by atoms with Gasteiger partial charge in [-0.1, -0.05) is 6.07 Å². The van der Waals surface area contributed by atoms with Crippen molar-refractivity contribution in [3.05, 3.63) is 22.4 Å². The van der Waals surface area contributed by atoms with Crippen molar-refractivity contribution in [3.8, 4) is 0 Å². The first-order chi connectivity index (χ1) is 6.47. The first kappa shape index (κ1) is 11.7. The summed E-state index contributed by atoms with van der Waals surface area (Å²) in [6.45, 7) is 1.77. The molecular formula is C9H14O3S2. The van der Waals surface area contributed by atoms with Gasteiger partial charge in [-0.2, -0.15) is 8.42 Å². The molecule has 14 heavy (non-hydrogen) atoms. The molecule has 1 heterocycles. The summed E-state index contributed by atoms with van der Waals surface area (Å²) >= 11 is 1.68. The lowest BCUT2D eigenvalue weighted by Gasteiger charge is -2.09. The Kier molecular flexibility index (Phi) is 4.10. The highest BCUT2D eigenvalue weighted by atomic mass is 32.2. The number of hydrogen-bond donors (Lipinski definition) is 0. The molecular weight excluding hydrogens is 220 g/mol. The van der Waals surface area contributed by atoms with Gasteiger partial charge in [0, 0.05) is 4.88 Å². The lowest BCUT2D eigenvalue weighted by molar-refractivity contribution is 0.221. The summed E-state index contributed by atoms with van der Waals surface area (Å²) in [6.07, 6.45) is 2.43. The molecule has 0 fully saturated rings. The van der Waals surface area contributed by atoms with E-state index in [-0.39, 0.29) is 6.10 Å². The largest absolute Gasteiger partial charge is 0.267 e. The van der Waals surface area contributed by atoms with Gasteiger partial charge in [0.1, 0.15) is 0 Å². The molecule has 3 nitrogen and oxygen atoms in total. The standard InChI is InChI=1S/C9H14O3S2/c1-8(12-14(2,10)11)5-6-9-4-3-7-13-9/h3-4,7-8H,5-6H2,1-2H3. The molecule has 5 heteroatoms. The average Bonchev–Trinajstić information content (AvgIpc) is 2.49. The van der Waals surface area contributed by atoms with E-state index in [2.05, 4.69) is 0 Å². The van der Waals surface area contributed by atoms with Crippen LogP contribution in [-0.2, 0) is 20.7 Å². The first-order valence-corrected chi connectivity index (χ1v) is 7.07. The van der Waals surface area contributed by atoms with Crippen molar-refractivity contribution in [1.29, 1.82) is 0 Å². The molecule has 0 N–H and O–H groups in total. The van der Waals surface area contributed by atoms with E-state index in [1.54, 1.807) is 18.3 Å². The summed E-state index contributed by atoms with van der Waals surface area (Å²) in [4.78, 5) is 1.26. The Bertz CT molecular complexity index is 353. The minimum atomic E-state index is -3.31. The van der Waals surface area contributed by atoms with Crippen LogP contribution in [0.3, 0.4) is 0 Å². The number of thiophene rings is 1. The summed E-state index contributed by atoms with van der Waals surface area (Å²) in [6, 6.07) is 4.03. The Labute approximate surface area is 88.8 Å². The zero-order valence-electron chi connectivity index (χ0n) is 8.26. The van der Waals surface area contributed by atoms with E-state index in [9.17, 15) is 8.42 Å². The van der Waals surface area contributed by atoms with Gasteiger partial charge in [0.25, 0.3) is 10.1 Å². The van der Waals surface area contributed by atoms with Crippen molar-refractivity contribution in [2.75, 3.05) is 6.26 Å². The molecule has 0 aromatic carbocycles. The van der Waals surface area contributed by atoms with Crippen molar-refractivity contribution in [1.82, 2.24) is 0 Å². The van der Waals surface area contributed by atoms with Gasteiger partial charge in [0.05, 0.1) is 12.4 Å². The SMILES string of the molecule is CC(CCc1cccs1)OS(C)(=O)=O. The normalized spacial score (nSPS) is 14.1. The van der Waals surface area contributed by atoms with Gasteiger partial charge >= 0.3 is 0 Å². The monoisotopic (exact) mass is 234 g/mol. The maximum Gasteiger partial charge on any atom is 0.264 e. The van der Waals surface area contributed by atoms with Gasteiger partial charge in [-0.25, -0.2) is 0 Å². The number of hydrogen-bond acceptors (Lipinski definition) is 4. The molecule has 1 unspecified atom stereocenters. The highest BCUT2D eigenvalue weighted by molar-refractivity contribution is 7.86. The molecule has 0 aliphatic rings. The van der Waals surface area contributed by atoms with Gasteiger partial charge in [0.2, 0.25) is 0 Å². The van der Waals surface area contributed by atoms with Crippen LogP contribution in [-0.4, -0.2) is 20.8 Å². The second-order valence-electron chi connectivity index (χ2n) is 3.23. The Morgan fingerprint density at radius 1 is 1.57 bits per heavy atom. The van der Waals surface area contributed by atoms with Crippen LogP contribution in [0.2, 0.25) is 0 Å². The van der Waals surface area contributed by atoms with Crippen LogP contribution in [0.5, 0.6) is 0 Å². The number of rotatable bonds is 5. The Hall–Kier alpha value is -0.390. The highest BCUT2D eigenvalue weighted by Crippen LogP contribution is 2.13. The van der Waals surface area contributed by atoms with Crippen LogP contribution in [0.1, 0.15) is 18.2 Å². The van der Waals surface area contributed by atoms with Gasteiger partial charge in [-0.05, 0) is 31.2 Å². The van der Waals surface area contributed by atoms with Crippen LogP contribution in [0, 0.1) is 0 Å². The zero-order chi connectivity index (χ0) is 10.6. The third-order valence-electron chi connectivity index (χ3n) is 1.72. The van der Waals surface area contributed by atoms with E-state index in [4.69, 9.17) is 4.18 Å². The maximum atomic E-state index is 10.8. The minimum Gasteiger partial charge on any atom is -0.267 e. The van der Waals surface area contributed by atoms with E-state index >= 15 is 0 Å². The average molecular weight is 234 g/mol. The van der Waals surface area contributed by atoms with Crippen LogP contribution in [0.15, 0.2) is 17.5 Å². The molecule has 1 aromatic rings. The first-order valence-electron chi connectivity index (χ1n) is 4.38. The molecule has 0 bridgehead atoms. The predicted molar refractivity (Wildman–Crippen MR) is 58.0 cm³/mol. The molecule has 0 amide bonds. The van der Waals surface area contributed by atoms with Crippen LogP contribution < -0.4 is 0 Å². The van der Waals surface area contributed by atoms with Crippen molar-refractivity contribution in [3.63, 3.8) is 0 Å². The Balaban J connectivity index is 2.32. The van der Waals surface area contributed by atoms with E-state index < -0.39 is 10.1 Å².